The molecule has 1 heterocycles. The molecule has 5 heteroatoms. The normalized spacial score (nSPS) is 12.5. The fraction of sp³-hybridized carbons (Fsp3) is 0.294. The van der Waals surface area contributed by atoms with E-state index in [0.29, 0.717) is 10.8 Å². The topological polar surface area (TPSA) is 25.2 Å². The molecule has 0 N–H and O–H groups in total. The van der Waals surface area contributed by atoms with Gasteiger partial charge >= 0.3 is 0 Å². The van der Waals surface area contributed by atoms with Crippen molar-refractivity contribution in [3.05, 3.63) is 52.9 Å². The molecule has 22 heavy (non-hydrogen) atoms. The van der Waals surface area contributed by atoms with Crippen LogP contribution in [0.4, 0.5) is 4.39 Å². The molecule has 0 atom stereocenters. The van der Waals surface area contributed by atoms with Gasteiger partial charge in [0.05, 0.1) is 11.4 Å². The molecule has 116 valence electrons. The van der Waals surface area contributed by atoms with Crippen LogP contribution in [0.25, 0.3) is 11.3 Å². The fourth-order valence-electron chi connectivity index (χ4n) is 1.73. The van der Waals surface area contributed by atoms with Crippen LogP contribution in [0.2, 0.25) is 5.15 Å². The third-order valence-electron chi connectivity index (χ3n) is 2.81. The average molecular weight is 337 g/mol. The van der Waals surface area contributed by atoms with Crippen LogP contribution in [0.5, 0.6) is 0 Å². The van der Waals surface area contributed by atoms with E-state index in [0.717, 1.165) is 16.8 Å². The van der Waals surface area contributed by atoms with Gasteiger partial charge in [0.25, 0.3) is 0 Å². The van der Waals surface area contributed by atoms with Crippen LogP contribution in [0, 0.1) is 5.82 Å². The Bertz CT molecular complexity index is 691. The smallest absolute Gasteiger partial charge is 0.130 e. The summed E-state index contributed by atoms with van der Waals surface area (Å²) in [6.45, 7) is 8.27. The van der Waals surface area contributed by atoms with Gasteiger partial charge in [0.15, 0.2) is 0 Å². The van der Waals surface area contributed by atoms with Gasteiger partial charge < -0.3 is 0 Å². The first kappa shape index (κ1) is 17.0. The van der Waals surface area contributed by atoms with Crippen LogP contribution in [-0.4, -0.2) is 15.4 Å². The second-order valence-electron chi connectivity index (χ2n) is 5.95. The lowest BCUT2D eigenvalue weighted by Gasteiger charge is -2.14. The highest BCUT2D eigenvalue weighted by molar-refractivity contribution is 7.99. The fourth-order valence-corrected chi connectivity index (χ4v) is 2.46. The Morgan fingerprint density at radius 3 is 2.41 bits per heavy atom. The Morgan fingerprint density at radius 1 is 1.18 bits per heavy atom. The Morgan fingerprint density at radius 2 is 1.82 bits per heavy atom. The first-order valence-corrected chi connectivity index (χ1v) is 8.06. The Labute approximate surface area is 140 Å². The van der Waals surface area contributed by atoms with Crippen molar-refractivity contribution in [2.75, 3.05) is 0 Å². The summed E-state index contributed by atoms with van der Waals surface area (Å²) >= 11 is 7.64. The molecule has 0 radical (unpaired) electrons. The van der Waals surface area contributed by atoms with E-state index in [2.05, 4.69) is 30.2 Å². The van der Waals surface area contributed by atoms with Gasteiger partial charge in [0, 0.05) is 15.9 Å². The van der Waals surface area contributed by atoms with Crippen molar-refractivity contribution in [2.45, 2.75) is 32.4 Å². The summed E-state index contributed by atoms with van der Waals surface area (Å²) < 4.78 is 17.6. The largest absolute Gasteiger partial charge is 0.236 e. The molecule has 0 saturated carbocycles. The molecule has 0 amide bonds. The van der Waals surface area contributed by atoms with Crippen LogP contribution in [0.1, 0.15) is 33.3 Å². The predicted octanol–water partition coefficient (Wildman–Crippen LogP) is 5.80. The first-order valence-electron chi connectivity index (χ1n) is 6.91. The van der Waals surface area contributed by atoms with Gasteiger partial charge in [0.1, 0.15) is 11.0 Å². The number of rotatable bonds is 3. The second-order valence-corrected chi connectivity index (χ2v) is 7.93. The highest BCUT2D eigenvalue weighted by Crippen LogP contribution is 2.27. The zero-order valence-corrected chi connectivity index (χ0v) is 14.6. The summed E-state index contributed by atoms with van der Waals surface area (Å²) in [5.41, 5.74) is 3.32. The summed E-state index contributed by atoms with van der Waals surface area (Å²) in [4.78, 5) is 4.31. The van der Waals surface area contributed by atoms with Crippen LogP contribution in [0.15, 0.2) is 40.8 Å². The van der Waals surface area contributed by atoms with E-state index < -0.39 is 0 Å². The maximum Gasteiger partial charge on any atom is 0.130 e. The quantitative estimate of drug-likeness (QED) is 0.402. The summed E-state index contributed by atoms with van der Waals surface area (Å²) in [7, 11) is 0. The van der Waals surface area contributed by atoms with Gasteiger partial charge in [-0.05, 0) is 76.0 Å². The molecule has 1 aromatic carbocycles. The molecule has 0 aliphatic heterocycles. The van der Waals surface area contributed by atoms with Crippen molar-refractivity contribution < 1.29 is 4.39 Å². The summed E-state index contributed by atoms with van der Waals surface area (Å²) in [6, 6.07) is 9.90. The van der Waals surface area contributed by atoms with E-state index in [1.807, 2.05) is 13.0 Å². The summed E-state index contributed by atoms with van der Waals surface area (Å²) in [6.07, 6.45) is 0. The molecule has 0 fully saturated rings. The van der Waals surface area contributed by atoms with Gasteiger partial charge in [0.2, 0.25) is 0 Å². The van der Waals surface area contributed by atoms with E-state index in [9.17, 15) is 4.39 Å². The van der Waals surface area contributed by atoms with Gasteiger partial charge in [-0.1, -0.05) is 11.6 Å². The lowest BCUT2D eigenvalue weighted by atomic mass is 10.1. The molecular formula is C17H18ClFN2S. The Balaban J connectivity index is 2.36. The molecule has 2 aromatic rings. The number of halogens is 2. The maximum absolute atomic E-state index is 13.0. The van der Waals surface area contributed by atoms with Crippen LogP contribution in [-0.2, 0) is 0 Å². The Hall–Kier alpha value is -1.39. The van der Waals surface area contributed by atoms with Crippen LogP contribution >= 0.6 is 23.5 Å². The second kappa shape index (κ2) is 6.80. The number of hydrogen-bond donors (Lipinski definition) is 0. The number of pyridine rings is 1. The molecule has 2 nitrogen and oxygen atoms in total. The Kier molecular flexibility index (Phi) is 5.24. The highest BCUT2D eigenvalue weighted by Gasteiger charge is 2.11. The molecule has 1 aromatic heterocycles. The molecule has 0 spiro atoms. The van der Waals surface area contributed by atoms with Crippen molar-refractivity contribution in [1.82, 2.24) is 4.98 Å². The minimum absolute atomic E-state index is 0.0534. The minimum atomic E-state index is -0.273. The SMILES string of the molecule is C/C(=N/SC(C)(C)C)c1cc(Cl)nc(-c2ccc(F)cc2)c1. The van der Waals surface area contributed by atoms with Gasteiger partial charge in [-0.3, -0.25) is 0 Å². The molecule has 0 aliphatic carbocycles. The minimum Gasteiger partial charge on any atom is -0.236 e. The molecule has 0 aliphatic rings. The summed E-state index contributed by atoms with van der Waals surface area (Å²) in [5.74, 6) is -0.273. The van der Waals surface area contributed by atoms with E-state index in [-0.39, 0.29) is 10.6 Å². The third kappa shape index (κ3) is 4.82. The standard InChI is InChI=1S/C17H18ClFN2S/c1-11(21-22-17(2,3)4)13-9-15(20-16(18)10-13)12-5-7-14(19)8-6-12/h5-10H,1-4H3/b21-11-. The number of hydrogen-bond acceptors (Lipinski definition) is 3. The van der Waals surface area contributed by atoms with E-state index in [1.165, 1.54) is 24.1 Å². The molecule has 0 saturated heterocycles. The summed E-state index contributed by atoms with van der Waals surface area (Å²) in [5, 5.41) is 0.395. The number of benzene rings is 1. The molecule has 0 bridgehead atoms. The van der Waals surface area contributed by atoms with Crippen LogP contribution < -0.4 is 0 Å². The third-order valence-corrected chi connectivity index (χ3v) is 3.91. The highest BCUT2D eigenvalue weighted by atomic mass is 35.5. The maximum atomic E-state index is 13.0. The monoisotopic (exact) mass is 336 g/mol. The van der Waals surface area contributed by atoms with Crippen molar-refractivity contribution in [3.8, 4) is 11.3 Å². The molecule has 0 unspecified atom stereocenters. The first-order chi connectivity index (χ1) is 10.2. The van der Waals surface area contributed by atoms with Gasteiger partial charge in [-0.2, -0.15) is 0 Å². The van der Waals surface area contributed by atoms with Crippen molar-refractivity contribution in [1.29, 1.82) is 0 Å². The predicted molar refractivity (Wildman–Crippen MR) is 94.2 cm³/mol. The van der Waals surface area contributed by atoms with Gasteiger partial charge in [-0.25, -0.2) is 13.8 Å². The van der Waals surface area contributed by atoms with E-state index >= 15 is 0 Å². The van der Waals surface area contributed by atoms with Gasteiger partial charge in [-0.15, -0.1) is 0 Å². The van der Waals surface area contributed by atoms with Crippen molar-refractivity contribution >= 4 is 29.3 Å². The lowest BCUT2D eigenvalue weighted by Crippen LogP contribution is -2.06. The number of aromatic nitrogens is 1. The molecule has 2 rings (SSSR count). The lowest BCUT2D eigenvalue weighted by molar-refractivity contribution is 0.628. The average Bonchev–Trinajstić information content (AvgIpc) is 2.44. The van der Waals surface area contributed by atoms with Crippen molar-refractivity contribution in [2.24, 2.45) is 4.40 Å². The number of nitrogens with zero attached hydrogens (tertiary/aromatic N) is 2. The van der Waals surface area contributed by atoms with E-state index in [4.69, 9.17) is 11.6 Å². The van der Waals surface area contributed by atoms with Crippen LogP contribution in [0.3, 0.4) is 0 Å². The van der Waals surface area contributed by atoms with Crippen molar-refractivity contribution in [3.63, 3.8) is 0 Å². The molecular weight excluding hydrogens is 319 g/mol. The zero-order chi connectivity index (χ0) is 16.3. The zero-order valence-electron chi connectivity index (χ0n) is 13.0. The van der Waals surface area contributed by atoms with E-state index in [1.54, 1.807) is 18.2 Å².